The number of nitrogens with zero attached hydrogens (tertiary/aromatic N) is 2. The van der Waals surface area contributed by atoms with Crippen LogP contribution in [-0.4, -0.2) is 15.2 Å². The number of hydrogen-bond donors (Lipinski definition) is 1. The average Bonchev–Trinajstić information content (AvgIpc) is 2.86. The van der Waals surface area contributed by atoms with E-state index in [1.54, 1.807) is 0 Å². The van der Waals surface area contributed by atoms with Gasteiger partial charge in [0.2, 0.25) is 0 Å². The van der Waals surface area contributed by atoms with Crippen LogP contribution in [0.4, 0.5) is 0 Å². The number of benzene rings is 1. The van der Waals surface area contributed by atoms with Crippen LogP contribution in [0.15, 0.2) is 24.3 Å². The maximum Gasteiger partial charge on any atom is 0.181 e. The fourth-order valence-electron chi connectivity index (χ4n) is 1.94. The standard InChI is InChI=1S/C16H23N3/c1-6-11(2)14-17-15(19-18-14)12-7-9-13(10-8-12)16(3,4)5/h7-11H,6H2,1-5H3,(H,17,18,19). The normalized spacial score (nSPS) is 13.5. The predicted molar refractivity (Wildman–Crippen MR) is 79.2 cm³/mol. The SMILES string of the molecule is CCC(C)c1nc(-c2ccc(C(C)(C)C)cc2)n[nH]1. The first kappa shape index (κ1) is 13.8. The van der Waals surface area contributed by atoms with Gasteiger partial charge >= 0.3 is 0 Å². The fourth-order valence-corrected chi connectivity index (χ4v) is 1.94. The Balaban J connectivity index is 2.25. The van der Waals surface area contributed by atoms with Gasteiger partial charge in [0.05, 0.1) is 0 Å². The lowest BCUT2D eigenvalue weighted by Gasteiger charge is -2.18. The molecule has 2 rings (SSSR count). The maximum atomic E-state index is 4.58. The van der Waals surface area contributed by atoms with E-state index >= 15 is 0 Å². The quantitative estimate of drug-likeness (QED) is 0.891. The van der Waals surface area contributed by atoms with Crippen molar-refractivity contribution < 1.29 is 0 Å². The van der Waals surface area contributed by atoms with E-state index in [0.717, 1.165) is 23.6 Å². The molecule has 1 aromatic carbocycles. The molecule has 3 nitrogen and oxygen atoms in total. The highest BCUT2D eigenvalue weighted by molar-refractivity contribution is 5.55. The first-order chi connectivity index (χ1) is 8.91. The molecule has 1 aromatic heterocycles. The van der Waals surface area contributed by atoms with E-state index in [9.17, 15) is 0 Å². The van der Waals surface area contributed by atoms with Gasteiger partial charge in [0.1, 0.15) is 5.82 Å². The first-order valence-corrected chi connectivity index (χ1v) is 6.95. The van der Waals surface area contributed by atoms with Crippen LogP contribution in [0.1, 0.15) is 58.3 Å². The van der Waals surface area contributed by atoms with Crippen LogP contribution in [0, 0.1) is 0 Å². The number of rotatable bonds is 3. The minimum Gasteiger partial charge on any atom is -0.262 e. The van der Waals surface area contributed by atoms with Crippen molar-refractivity contribution in [1.29, 1.82) is 0 Å². The molecule has 0 aliphatic heterocycles. The number of aromatic amines is 1. The molecule has 1 atom stereocenters. The van der Waals surface area contributed by atoms with E-state index in [1.165, 1.54) is 5.56 Å². The monoisotopic (exact) mass is 257 g/mol. The number of nitrogens with one attached hydrogen (secondary N) is 1. The topological polar surface area (TPSA) is 41.6 Å². The van der Waals surface area contributed by atoms with Crippen LogP contribution in [0.3, 0.4) is 0 Å². The van der Waals surface area contributed by atoms with Crippen LogP contribution in [0.5, 0.6) is 0 Å². The highest BCUT2D eigenvalue weighted by atomic mass is 15.2. The van der Waals surface area contributed by atoms with Gasteiger partial charge < -0.3 is 0 Å². The molecule has 0 bridgehead atoms. The Morgan fingerprint density at radius 1 is 1.16 bits per heavy atom. The summed E-state index contributed by atoms with van der Waals surface area (Å²) in [7, 11) is 0. The molecule has 0 fully saturated rings. The first-order valence-electron chi connectivity index (χ1n) is 6.95. The van der Waals surface area contributed by atoms with Crippen molar-refractivity contribution in [3.63, 3.8) is 0 Å². The highest BCUT2D eigenvalue weighted by Crippen LogP contribution is 2.25. The molecule has 0 saturated carbocycles. The van der Waals surface area contributed by atoms with Crippen molar-refractivity contribution in [2.45, 2.75) is 52.4 Å². The number of aromatic nitrogens is 3. The van der Waals surface area contributed by atoms with Gasteiger partial charge in [-0.05, 0) is 17.4 Å². The Morgan fingerprint density at radius 3 is 2.32 bits per heavy atom. The number of hydrogen-bond acceptors (Lipinski definition) is 2. The molecule has 0 aliphatic carbocycles. The molecule has 3 heteroatoms. The molecule has 1 heterocycles. The van der Waals surface area contributed by atoms with Gasteiger partial charge in [0.25, 0.3) is 0 Å². The van der Waals surface area contributed by atoms with E-state index < -0.39 is 0 Å². The fraction of sp³-hybridized carbons (Fsp3) is 0.500. The third-order valence-corrected chi connectivity index (χ3v) is 3.59. The zero-order valence-corrected chi connectivity index (χ0v) is 12.5. The zero-order chi connectivity index (χ0) is 14.0. The smallest absolute Gasteiger partial charge is 0.181 e. The Hall–Kier alpha value is -1.64. The molecular formula is C16H23N3. The lowest BCUT2D eigenvalue weighted by Crippen LogP contribution is -2.10. The molecule has 2 aromatic rings. The van der Waals surface area contributed by atoms with Crippen molar-refractivity contribution in [3.8, 4) is 11.4 Å². The lowest BCUT2D eigenvalue weighted by molar-refractivity contribution is 0.590. The van der Waals surface area contributed by atoms with Gasteiger partial charge in [-0.3, -0.25) is 5.10 Å². The molecule has 1 unspecified atom stereocenters. The third-order valence-electron chi connectivity index (χ3n) is 3.59. The molecular weight excluding hydrogens is 234 g/mol. The summed E-state index contributed by atoms with van der Waals surface area (Å²) in [6.45, 7) is 11.0. The summed E-state index contributed by atoms with van der Waals surface area (Å²) in [6.07, 6.45) is 1.07. The van der Waals surface area contributed by atoms with Gasteiger partial charge in [-0.2, -0.15) is 5.10 Å². The second-order valence-electron chi connectivity index (χ2n) is 6.18. The summed E-state index contributed by atoms with van der Waals surface area (Å²) in [5.74, 6) is 2.18. The molecule has 19 heavy (non-hydrogen) atoms. The van der Waals surface area contributed by atoms with Crippen molar-refractivity contribution >= 4 is 0 Å². The summed E-state index contributed by atoms with van der Waals surface area (Å²) in [4.78, 5) is 4.58. The van der Waals surface area contributed by atoms with Crippen LogP contribution < -0.4 is 0 Å². The van der Waals surface area contributed by atoms with E-state index in [-0.39, 0.29) is 5.41 Å². The van der Waals surface area contributed by atoms with Crippen molar-refractivity contribution in [2.24, 2.45) is 0 Å². The van der Waals surface area contributed by atoms with E-state index in [1.807, 2.05) is 0 Å². The van der Waals surface area contributed by atoms with Gasteiger partial charge in [0.15, 0.2) is 5.82 Å². The number of H-pyrrole nitrogens is 1. The second kappa shape index (κ2) is 5.16. The third kappa shape index (κ3) is 3.03. The van der Waals surface area contributed by atoms with Gasteiger partial charge in [0, 0.05) is 11.5 Å². The maximum absolute atomic E-state index is 4.58. The van der Waals surface area contributed by atoms with Crippen LogP contribution in [-0.2, 0) is 5.41 Å². The summed E-state index contributed by atoms with van der Waals surface area (Å²) in [6, 6.07) is 8.53. The minimum absolute atomic E-state index is 0.180. The van der Waals surface area contributed by atoms with Crippen LogP contribution >= 0.6 is 0 Å². The average molecular weight is 257 g/mol. The summed E-state index contributed by atoms with van der Waals surface area (Å²) in [5.41, 5.74) is 2.58. The van der Waals surface area contributed by atoms with Crippen LogP contribution in [0.25, 0.3) is 11.4 Å². The largest absolute Gasteiger partial charge is 0.262 e. The van der Waals surface area contributed by atoms with E-state index in [4.69, 9.17) is 0 Å². The molecule has 102 valence electrons. The Bertz CT molecular complexity index is 532. The Labute approximate surface area is 115 Å². The second-order valence-corrected chi connectivity index (χ2v) is 6.18. The Kier molecular flexibility index (Phi) is 3.74. The predicted octanol–water partition coefficient (Wildman–Crippen LogP) is 4.28. The summed E-state index contributed by atoms with van der Waals surface area (Å²) >= 11 is 0. The van der Waals surface area contributed by atoms with E-state index in [2.05, 4.69) is 74.1 Å². The van der Waals surface area contributed by atoms with Gasteiger partial charge in [-0.15, -0.1) is 0 Å². The summed E-state index contributed by atoms with van der Waals surface area (Å²) in [5, 5.41) is 7.35. The van der Waals surface area contributed by atoms with Crippen LogP contribution in [0.2, 0.25) is 0 Å². The molecule has 0 aliphatic rings. The molecule has 1 N–H and O–H groups in total. The Morgan fingerprint density at radius 2 is 1.79 bits per heavy atom. The minimum atomic E-state index is 0.180. The van der Waals surface area contributed by atoms with Crippen molar-refractivity contribution in [2.75, 3.05) is 0 Å². The highest BCUT2D eigenvalue weighted by Gasteiger charge is 2.14. The van der Waals surface area contributed by atoms with Crippen molar-refractivity contribution in [1.82, 2.24) is 15.2 Å². The molecule has 0 radical (unpaired) electrons. The molecule has 0 spiro atoms. The summed E-state index contributed by atoms with van der Waals surface area (Å²) < 4.78 is 0. The molecule has 0 amide bonds. The zero-order valence-electron chi connectivity index (χ0n) is 12.5. The molecule has 0 saturated heterocycles. The lowest BCUT2D eigenvalue weighted by atomic mass is 9.87. The van der Waals surface area contributed by atoms with Gasteiger partial charge in [-0.1, -0.05) is 58.9 Å². The van der Waals surface area contributed by atoms with E-state index in [0.29, 0.717) is 5.92 Å². The van der Waals surface area contributed by atoms with Gasteiger partial charge in [-0.25, -0.2) is 4.98 Å². The van der Waals surface area contributed by atoms with Crippen molar-refractivity contribution in [3.05, 3.63) is 35.7 Å².